The summed E-state index contributed by atoms with van der Waals surface area (Å²) >= 11 is 6.23. The molecule has 0 saturated heterocycles. The van der Waals surface area contributed by atoms with Crippen molar-refractivity contribution in [2.75, 3.05) is 12.4 Å². The summed E-state index contributed by atoms with van der Waals surface area (Å²) < 4.78 is 35.4. The summed E-state index contributed by atoms with van der Waals surface area (Å²) in [6, 6.07) is 15.9. The number of benzene rings is 3. The van der Waals surface area contributed by atoms with Gasteiger partial charge in [0.15, 0.2) is 0 Å². The molecule has 0 bridgehead atoms. The summed E-state index contributed by atoms with van der Waals surface area (Å²) in [5.41, 5.74) is 2.01. The fraction of sp³-hybridized carbons (Fsp3) is 0.167. The fourth-order valence-electron chi connectivity index (χ4n) is 3.65. The molecular formula is C24H20ClF2N3O3. The average molecular weight is 472 g/mol. The lowest BCUT2D eigenvalue weighted by Gasteiger charge is -2.18. The Kier molecular flexibility index (Phi) is 5.95. The highest BCUT2D eigenvalue weighted by Crippen LogP contribution is 2.33. The van der Waals surface area contributed by atoms with E-state index in [0.29, 0.717) is 39.0 Å². The van der Waals surface area contributed by atoms with Crippen LogP contribution < -0.4 is 10.1 Å². The molecule has 2 N–H and O–H groups in total. The van der Waals surface area contributed by atoms with E-state index in [1.165, 1.54) is 25.3 Å². The molecule has 0 saturated carbocycles. The summed E-state index contributed by atoms with van der Waals surface area (Å²) in [7, 11) is 1.51. The molecule has 9 heteroatoms. The lowest BCUT2D eigenvalue weighted by atomic mass is 10.0. The Bertz CT molecular complexity index is 1350. The van der Waals surface area contributed by atoms with E-state index < -0.39 is 11.9 Å². The third kappa shape index (κ3) is 4.61. The number of halogens is 3. The van der Waals surface area contributed by atoms with E-state index in [1.807, 2.05) is 0 Å². The molecule has 0 radical (unpaired) electrons. The second-order valence-electron chi connectivity index (χ2n) is 7.55. The largest absolute Gasteiger partial charge is 0.495 e. The molecule has 0 spiro atoms. The maximum atomic E-state index is 14.2. The number of carboxylic acid groups (broad SMARTS) is 1. The average Bonchev–Trinajstić information content (AvgIpc) is 3.09. The van der Waals surface area contributed by atoms with Crippen molar-refractivity contribution in [1.29, 1.82) is 0 Å². The number of carbonyl (C=O) groups is 1. The summed E-state index contributed by atoms with van der Waals surface area (Å²) in [5, 5.41) is 12.9. The predicted octanol–water partition coefficient (Wildman–Crippen LogP) is 6.30. The quantitative estimate of drug-likeness (QED) is 0.331. The van der Waals surface area contributed by atoms with E-state index in [1.54, 1.807) is 47.0 Å². The molecule has 170 valence electrons. The minimum atomic E-state index is -3.03. The van der Waals surface area contributed by atoms with Crippen LogP contribution in [0.3, 0.4) is 0 Å². The molecule has 0 fully saturated rings. The van der Waals surface area contributed by atoms with Crippen LogP contribution in [0.4, 0.5) is 20.4 Å². The van der Waals surface area contributed by atoms with Crippen molar-refractivity contribution in [1.82, 2.24) is 9.55 Å². The van der Waals surface area contributed by atoms with Crippen LogP contribution >= 0.6 is 11.6 Å². The number of hydrogen-bond donors (Lipinski definition) is 2. The van der Waals surface area contributed by atoms with Gasteiger partial charge < -0.3 is 19.7 Å². The maximum absolute atomic E-state index is 14.2. The van der Waals surface area contributed by atoms with Crippen molar-refractivity contribution >= 4 is 40.2 Å². The predicted molar refractivity (Wildman–Crippen MR) is 123 cm³/mol. The molecule has 0 aliphatic rings. The second kappa shape index (κ2) is 8.71. The van der Waals surface area contributed by atoms with Gasteiger partial charge in [0.05, 0.1) is 35.3 Å². The van der Waals surface area contributed by atoms with Gasteiger partial charge in [-0.25, -0.2) is 18.6 Å². The number of anilines is 2. The van der Waals surface area contributed by atoms with Crippen LogP contribution in [0.15, 0.2) is 60.7 Å². The SMILES string of the molecule is COc1ccc(Nc2nc3cc(C(=O)O)ccc3n2Cc2ccccc2C(C)(F)F)cc1Cl. The van der Waals surface area contributed by atoms with Crippen LogP contribution in [-0.4, -0.2) is 27.7 Å². The highest BCUT2D eigenvalue weighted by Gasteiger charge is 2.27. The number of nitrogens with one attached hydrogen (secondary N) is 1. The van der Waals surface area contributed by atoms with Gasteiger partial charge in [-0.2, -0.15) is 0 Å². The monoisotopic (exact) mass is 471 g/mol. The van der Waals surface area contributed by atoms with Crippen molar-refractivity contribution in [2.45, 2.75) is 19.4 Å². The highest BCUT2D eigenvalue weighted by atomic mass is 35.5. The molecule has 0 atom stereocenters. The van der Waals surface area contributed by atoms with Crippen LogP contribution in [0.1, 0.15) is 28.4 Å². The summed E-state index contributed by atoms with van der Waals surface area (Å²) in [5.74, 6) is -3.26. The third-order valence-corrected chi connectivity index (χ3v) is 5.52. The van der Waals surface area contributed by atoms with Crippen molar-refractivity contribution in [3.63, 3.8) is 0 Å². The van der Waals surface area contributed by atoms with Crippen molar-refractivity contribution in [3.8, 4) is 5.75 Å². The molecule has 0 amide bonds. The molecule has 33 heavy (non-hydrogen) atoms. The number of fused-ring (bicyclic) bond motifs is 1. The molecule has 0 aliphatic carbocycles. The molecule has 0 aliphatic heterocycles. The zero-order valence-corrected chi connectivity index (χ0v) is 18.5. The first kappa shape index (κ1) is 22.5. The highest BCUT2D eigenvalue weighted by molar-refractivity contribution is 6.32. The normalized spacial score (nSPS) is 11.5. The minimum Gasteiger partial charge on any atom is -0.495 e. The molecule has 1 heterocycles. The zero-order valence-electron chi connectivity index (χ0n) is 17.8. The Morgan fingerprint density at radius 1 is 1.18 bits per heavy atom. The van der Waals surface area contributed by atoms with Crippen molar-refractivity contribution in [2.24, 2.45) is 0 Å². The van der Waals surface area contributed by atoms with Gasteiger partial charge in [0, 0.05) is 18.2 Å². The van der Waals surface area contributed by atoms with Crippen molar-refractivity contribution in [3.05, 3.63) is 82.4 Å². The van der Waals surface area contributed by atoms with E-state index in [9.17, 15) is 18.7 Å². The standard InChI is InChI=1S/C24H20ClF2N3O3/c1-24(26,27)17-6-4-3-5-15(17)13-30-20-9-7-14(22(31)32)11-19(20)29-23(30)28-16-8-10-21(33-2)18(25)12-16/h3-12H,13H2,1-2H3,(H,28,29)(H,31,32). The Morgan fingerprint density at radius 2 is 1.94 bits per heavy atom. The summed E-state index contributed by atoms with van der Waals surface area (Å²) in [6.45, 7) is 0.949. The molecule has 4 aromatic rings. The lowest BCUT2D eigenvalue weighted by Crippen LogP contribution is -2.14. The smallest absolute Gasteiger partial charge is 0.335 e. The van der Waals surface area contributed by atoms with Gasteiger partial charge in [-0.3, -0.25) is 0 Å². The zero-order chi connectivity index (χ0) is 23.8. The number of imidazole rings is 1. The number of nitrogens with zero attached hydrogens (tertiary/aromatic N) is 2. The number of aromatic nitrogens is 2. The molecule has 0 unspecified atom stereocenters. The van der Waals surface area contributed by atoms with E-state index in [-0.39, 0.29) is 17.7 Å². The Labute approximate surface area is 193 Å². The van der Waals surface area contributed by atoms with Gasteiger partial charge in [0.25, 0.3) is 5.92 Å². The molecule has 6 nitrogen and oxygen atoms in total. The molecule has 4 rings (SSSR count). The van der Waals surface area contributed by atoms with E-state index >= 15 is 0 Å². The molecule has 3 aromatic carbocycles. The summed E-state index contributed by atoms with van der Waals surface area (Å²) in [4.78, 5) is 15.9. The number of alkyl halides is 2. The summed E-state index contributed by atoms with van der Waals surface area (Å²) in [6.07, 6.45) is 0. The topological polar surface area (TPSA) is 76.4 Å². The van der Waals surface area contributed by atoms with Crippen LogP contribution in [0, 0.1) is 0 Å². The number of methoxy groups -OCH3 is 1. The first-order valence-corrected chi connectivity index (χ1v) is 10.4. The van der Waals surface area contributed by atoms with E-state index in [0.717, 1.165) is 6.92 Å². The van der Waals surface area contributed by atoms with Gasteiger partial charge in [-0.1, -0.05) is 35.9 Å². The molecule has 1 aromatic heterocycles. The lowest BCUT2D eigenvalue weighted by molar-refractivity contribution is 0.0164. The minimum absolute atomic E-state index is 0.0756. The number of ether oxygens (including phenoxy) is 1. The van der Waals surface area contributed by atoms with Gasteiger partial charge in [-0.15, -0.1) is 0 Å². The van der Waals surface area contributed by atoms with Crippen molar-refractivity contribution < 1.29 is 23.4 Å². The van der Waals surface area contributed by atoms with Gasteiger partial charge in [0.1, 0.15) is 5.75 Å². The van der Waals surface area contributed by atoms with E-state index in [4.69, 9.17) is 16.3 Å². The maximum Gasteiger partial charge on any atom is 0.335 e. The Morgan fingerprint density at radius 3 is 2.61 bits per heavy atom. The van der Waals surface area contributed by atoms with Crippen LogP contribution in [0.5, 0.6) is 5.75 Å². The first-order chi connectivity index (χ1) is 15.7. The van der Waals surface area contributed by atoms with Crippen LogP contribution in [0.2, 0.25) is 5.02 Å². The number of hydrogen-bond acceptors (Lipinski definition) is 4. The van der Waals surface area contributed by atoms with E-state index in [2.05, 4.69) is 10.3 Å². The Hall–Kier alpha value is -3.65. The van der Waals surface area contributed by atoms with Crippen LogP contribution in [0.25, 0.3) is 11.0 Å². The molecular weight excluding hydrogens is 452 g/mol. The second-order valence-corrected chi connectivity index (χ2v) is 7.96. The number of aromatic carboxylic acids is 1. The first-order valence-electron chi connectivity index (χ1n) is 9.97. The van der Waals surface area contributed by atoms with Crippen LogP contribution in [-0.2, 0) is 12.5 Å². The van der Waals surface area contributed by atoms with Gasteiger partial charge in [0.2, 0.25) is 5.95 Å². The number of rotatable bonds is 7. The fourth-order valence-corrected chi connectivity index (χ4v) is 3.91. The third-order valence-electron chi connectivity index (χ3n) is 5.22. The Balaban J connectivity index is 1.83. The van der Waals surface area contributed by atoms with Gasteiger partial charge >= 0.3 is 5.97 Å². The number of carboxylic acids is 1. The van der Waals surface area contributed by atoms with Gasteiger partial charge in [-0.05, 0) is 42.0 Å².